The molecule has 11 heteroatoms. The maximum absolute atomic E-state index is 13.6. The van der Waals surface area contributed by atoms with Crippen LogP contribution in [-0.4, -0.2) is 39.2 Å². The number of nitrogens with one attached hydrogen (secondary N) is 1. The summed E-state index contributed by atoms with van der Waals surface area (Å²) >= 11 is 0. The predicted octanol–water partition coefficient (Wildman–Crippen LogP) is 4.59. The maximum atomic E-state index is 13.6. The summed E-state index contributed by atoms with van der Waals surface area (Å²) < 4.78 is 52.2. The summed E-state index contributed by atoms with van der Waals surface area (Å²) in [7, 11) is -0.649. The van der Waals surface area contributed by atoms with Crippen LogP contribution in [0.4, 0.5) is 5.88 Å². The van der Waals surface area contributed by atoms with Crippen LogP contribution in [0.15, 0.2) is 40.8 Å². The van der Waals surface area contributed by atoms with E-state index in [4.69, 9.17) is 32.4 Å². The standard InChI is InChI=1S/C23H27N2O8P/c1-5-31-34(26,32-6-2)23-22(24-13-15-7-9-18-20(11-15)30-14-29-18)33-21(25-23)16-8-10-17(27-3)19(12-16)28-4/h7-12,24H,5-6,13-14H2,1-4H3. The molecule has 0 aliphatic carbocycles. The third-order valence-corrected chi connectivity index (χ3v) is 7.01. The Morgan fingerprint density at radius 3 is 2.41 bits per heavy atom. The minimum atomic E-state index is -3.75. The molecule has 0 unspecified atom stereocenters. The maximum Gasteiger partial charge on any atom is 0.385 e. The molecule has 0 atom stereocenters. The van der Waals surface area contributed by atoms with Gasteiger partial charge in [-0.15, -0.1) is 0 Å². The number of hydrogen-bond donors (Lipinski definition) is 1. The van der Waals surface area contributed by atoms with Crippen molar-refractivity contribution < 1.29 is 37.0 Å². The summed E-state index contributed by atoms with van der Waals surface area (Å²) in [6, 6.07) is 10.8. The quantitative estimate of drug-likeness (QED) is 0.383. The van der Waals surface area contributed by atoms with Gasteiger partial charge in [-0.1, -0.05) is 6.07 Å². The van der Waals surface area contributed by atoms with E-state index < -0.39 is 7.60 Å². The zero-order valence-electron chi connectivity index (χ0n) is 19.5. The monoisotopic (exact) mass is 490 g/mol. The molecule has 0 radical (unpaired) electrons. The molecule has 0 saturated heterocycles. The van der Waals surface area contributed by atoms with E-state index in [1.54, 1.807) is 46.3 Å². The van der Waals surface area contributed by atoms with Crippen LogP contribution in [-0.2, 0) is 20.2 Å². The van der Waals surface area contributed by atoms with Gasteiger partial charge in [-0.3, -0.25) is 4.57 Å². The molecule has 2 aromatic carbocycles. The minimum Gasteiger partial charge on any atom is -0.493 e. The van der Waals surface area contributed by atoms with Crippen molar-refractivity contribution in [1.82, 2.24) is 4.98 Å². The molecule has 0 bridgehead atoms. The van der Waals surface area contributed by atoms with Crippen molar-refractivity contribution in [1.29, 1.82) is 0 Å². The molecule has 1 aromatic heterocycles. The minimum absolute atomic E-state index is 0.0710. The first-order valence-corrected chi connectivity index (χ1v) is 12.3. The fourth-order valence-electron chi connectivity index (χ4n) is 3.44. The van der Waals surface area contributed by atoms with Gasteiger partial charge in [0.2, 0.25) is 24.0 Å². The average Bonchev–Trinajstić information content (AvgIpc) is 3.49. The topological polar surface area (TPSA) is 111 Å². The van der Waals surface area contributed by atoms with Crippen molar-refractivity contribution in [2.75, 3.05) is 39.5 Å². The van der Waals surface area contributed by atoms with Crippen molar-refractivity contribution in [3.63, 3.8) is 0 Å². The molecule has 1 aliphatic rings. The molecule has 3 aromatic rings. The largest absolute Gasteiger partial charge is 0.493 e. The van der Waals surface area contributed by atoms with Crippen LogP contribution < -0.4 is 29.7 Å². The van der Waals surface area contributed by atoms with Crippen molar-refractivity contribution in [3.05, 3.63) is 42.0 Å². The Kier molecular flexibility index (Phi) is 7.31. The number of methoxy groups -OCH3 is 2. The van der Waals surface area contributed by atoms with Gasteiger partial charge in [0.15, 0.2) is 23.0 Å². The Hall–Kier alpha value is -3.20. The highest BCUT2D eigenvalue weighted by atomic mass is 31.2. The zero-order chi connectivity index (χ0) is 24.1. The van der Waals surface area contributed by atoms with Gasteiger partial charge in [-0.25, -0.2) is 0 Å². The van der Waals surface area contributed by atoms with E-state index in [0.717, 1.165) is 5.56 Å². The second kappa shape index (κ2) is 10.4. The number of oxazole rings is 1. The predicted molar refractivity (Wildman–Crippen MR) is 125 cm³/mol. The second-order valence-electron chi connectivity index (χ2n) is 7.12. The summed E-state index contributed by atoms with van der Waals surface area (Å²) in [5.74, 6) is 2.84. The molecule has 0 saturated carbocycles. The van der Waals surface area contributed by atoms with Crippen molar-refractivity contribution in [3.8, 4) is 34.5 Å². The molecule has 34 heavy (non-hydrogen) atoms. The van der Waals surface area contributed by atoms with Crippen molar-refractivity contribution in [2.45, 2.75) is 20.4 Å². The molecular formula is C23H27N2O8P. The molecular weight excluding hydrogens is 463 g/mol. The molecule has 2 heterocycles. The van der Waals surface area contributed by atoms with Crippen LogP contribution in [0.5, 0.6) is 23.0 Å². The lowest BCUT2D eigenvalue weighted by Gasteiger charge is -2.15. The Balaban J connectivity index is 1.70. The number of hydrogen-bond acceptors (Lipinski definition) is 10. The highest BCUT2D eigenvalue weighted by molar-refractivity contribution is 7.62. The van der Waals surface area contributed by atoms with Gasteiger partial charge in [-0.2, -0.15) is 4.98 Å². The van der Waals surface area contributed by atoms with Crippen molar-refractivity contribution >= 4 is 18.9 Å². The fourth-order valence-corrected chi connectivity index (χ4v) is 5.02. The lowest BCUT2D eigenvalue weighted by molar-refractivity contribution is 0.174. The van der Waals surface area contributed by atoms with Gasteiger partial charge in [0.05, 0.1) is 27.4 Å². The molecule has 182 valence electrons. The highest BCUT2D eigenvalue weighted by Gasteiger charge is 2.36. The smallest absolute Gasteiger partial charge is 0.385 e. The van der Waals surface area contributed by atoms with Gasteiger partial charge in [0.1, 0.15) is 0 Å². The van der Waals surface area contributed by atoms with E-state index >= 15 is 0 Å². The van der Waals surface area contributed by atoms with Crippen LogP contribution >= 0.6 is 7.60 Å². The molecule has 10 nitrogen and oxygen atoms in total. The summed E-state index contributed by atoms with van der Waals surface area (Å²) in [5, 5.41) is 3.17. The van der Waals surface area contributed by atoms with Gasteiger partial charge in [0.25, 0.3) is 0 Å². The zero-order valence-corrected chi connectivity index (χ0v) is 20.3. The van der Waals surface area contributed by atoms with Crippen LogP contribution in [0.3, 0.4) is 0 Å². The highest BCUT2D eigenvalue weighted by Crippen LogP contribution is 2.49. The van der Waals surface area contributed by atoms with E-state index in [2.05, 4.69) is 10.3 Å². The number of fused-ring (bicyclic) bond motifs is 1. The number of aromatic nitrogens is 1. The van der Waals surface area contributed by atoms with E-state index in [1.165, 1.54) is 0 Å². The number of rotatable bonds is 11. The van der Waals surface area contributed by atoms with E-state index in [0.29, 0.717) is 35.1 Å². The lowest BCUT2D eigenvalue weighted by atomic mass is 10.2. The fraction of sp³-hybridized carbons (Fsp3) is 0.348. The lowest BCUT2D eigenvalue weighted by Crippen LogP contribution is -2.16. The normalized spacial score (nSPS) is 12.6. The first kappa shape index (κ1) is 23.9. The summed E-state index contributed by atoms with van der Waals surface area (Å²) in [6.07, 6.45) is 0. The Morgan fingerprint density at radius 1 is 0.971 bits per heavy atom. The van der Waals surface area contributed by atoms with E-state index in [-0.39, 0.29) is 37.2 Å². The van der Waals surface area contributed by atoms with Gasteiger partial charge >= 0.3 is 7.60 Å². The Bertz CT molecular complexity index is 1190. The van der Waals surface area contributed by atoms with Gasteiger partial charge in [0, 0.05) is 12.1 Å². The third kappa shape index (κ3) is 4.84. The van der Waals surface area contributed by atoms with E-state index in [9.17, 15) is 4.57 Å². The van der Waals surface area contributed by atoms with Crippen molar-refractivity contribution in [2.24, 2.45) is 0 Å². The van der Waals surface area contributed by atoms with Crippen LogP contribution in [0.25, 0.3) is 11.5 Å². The first-order chi connectivity index (χ1) is 16.5. The Morgan fingerprint density at radius 2 is 1.71 bits per heavy atom. The molecule has 1 N–H and O–H groups in total. The second-order valence-corrected chi connectivity index (χ2v) is 9.05. The summed E-state index contributed by atoms with van der Waals surface area (Å²) in [4.78, 5) is 4.51. The van der Waals surface area contributed by atoms with E-state index in [1.807, 2.05) is 18.2 Å². The number of benzene rings is 2. The Labute approximate surface area is 197 Å². The molecule has 4 rings (SSSR count). The summed E-state index contributed by atoms with van der Waals surface area (Å²) in [5.41, 5.74) is 1.58. The van der Waals surface area contributed by atoms with Gasteiger partial charge in [-0.05, 0) is 49.7 Å². The van der Waals surface area contributed by atoms with Gasteiger partial charge < -0.3 is 37.7 Å². The summed E-state index contributed by atoms with van der Waals surface area (Å²) in [6.45, 7) is 4.37. The first-order valence-electron chi connectivity index (χ1n) is 10.8. The number of anilines is 1. The molecule has 1 aliphatic heterocycles. The van der Waals surface area contributed by atoms with Crippen LogP contribution in [0, 0.1) is 0 Å². The van der Waals surface area contributed by atoms with Crippen LogP contribution in [0.2, 0.25) is 0 Å². The average molecular weight is 490 g/mol. The molecule has 0 fully saturated rings. The molecule has 0 spiro atoms. The van der Waals surface area contributed by atoms with Crippen LogP contribution in [0.1, 0.15) is 19.4 Å². The number of ether oxygens (including phenoxy) is 4. The SMILES string of the molecule is CCOP(=O)(OCC)c1nc(-c2ccc(OC)c(OC)c2)oc1NCc1ccc2c(c1)OCO2. The molecule has 0 amide bonds. The number of nitrogens with zero attached hydrogens (tertiary/aromatic N) is 1. The third-order valence-electron chi connectivity index (χ3n) is 4.99.